The van der Waals surface area contributed by atoms with E-state index in [-0.39, 0.29) is 12.5 Å². The Morgan fingerprint density at radius 3 is 1.48 bits per heavy atom. The summed E-state index contributed by atoms with van der Waals surface area (Å²) in [5.74, 6) is -0.211. The molecule has 378 valence electrons. The first kappa shape index (κ1) is 58.9. The van der Waals surface area contributed by atoms with E-state index < -0.39 is 86.8 Å². The Hall–Kier alpha value is -1.27. The van der Waals surface area contributed by atoms with Crippen molar-refractivity contribution in [2.24, 2.45) is 0 Å². The lowest BCUT2D eigenvalue weighted by Gasteiger charge is -2.46. The summed E-state index contributed by atoms with van der Waals surface area (Å²) in [5.41, 5.74) is 0. The van der Waals surface area contributed by atoms with Gasteiger partial charge in [-0.25, -0.2) is 0 Å². The summed E-state index contributed by atoms with van der Waals surface area (Å²) in [5, 5.41) is 86.8. The molecule has 14 heteroatoms. The molecule has 1 amide bonds. The number of amides is 1. The van der Waals surface area contributed by atoms with Crippen LogP contribution in [0.5, 0.6) is 0 Å². The molecule has 9 N–H and O–H groups in total. The zero-order valence-electron chi connectivity index (χ0n) is 40.0. The summed E-state index contributed by atoms with van der Waals surface area (Å²) in [6.45, 7) is 2.84. The van der Waals surface area contributed by atoms with Crippen molar-refractivity contribution >= 4 is 5.91 Å². The molecule has 0 aromatic rings. The fourth-order valence-corrected chi connectivity index (χ4v) is 8.70. The second kappa shape index (κ2) is 37.7. The molecule has 12 atom stereocenters. The van der Waals surface area contributed by atoms with Gasteiger partial charge in [0.05, 0.1) is 32.0 Å². The van der Waals surface area contributed by atoms with Gasteiger partial charge in [-0.2, -0.15) is 0 Å². The highest BCUT2D eigenvalue weighted by molar-refractivity contribution is 5.76. The first-order valence-electron chi connectivity index (χ1n) is 25.9. The predicted octanol–water partition coefficient (Wildman–Crippen LogP) is 6.77. The molecule has 12 unspecified atom stereocenters. The first-order chi connectivity index (χ1) is 31.1. The van der Waals surface area contributed by atoms with Gasteiger partial charge in [-0.1, -0.05) is 174 Å². The largest absolute Gasteiger partial charge is 0.394 e. The lowest BCUT2D eigenvalue weighted by atomic mass is 9.97. The number of nitrogens with one attached hydrogen (secondary N) is 1. The Morgan fingerprint density at radius 2 is 0.984 bits per heavy atom. The van der Waals surface area contributed by atoms with E-state index in [4.69, 9.17) is 18.9 Å². The Kier molecular flexibility index (Phi) is 34.7. The second-order valence-corrected chi connectivity index (χ2v) is 18.7. The summed E-state index contributed by atoms with van der Waals surface area (Å²) < 4.78 is 22.7. The van der Waals surface area contributed by atoms with Crippen molar-refractivity contribution in [1.82, 2.24) is 5.32 Å². The molecule has 0 aliphatic carbocycles. The maximum absolute atomic E-state index is 13.2. The van der Waals surface area contributed by atoms with Gasteiger partial charge in [0, 0.05) is 6.42 Å². The minimum absolute atomic E-state index is 0.211. The first-order valence-corrected chi connectivity index (χ1v) is 25.9. The van der Waals surface area contributed by atoms with Crippen LogP contribution in [-0.2, 0) is 23.7 Å². The van der Waals surface area contributed by atoms with Gasteiger partial charge in [-0.3, -0.25) is 4.79 Å². The Labute approximate surface area is 386 Å². The third-order valence-electron chi connectivity index (χ3n) is 13.0. The monoisotopic (exact) mass is 918 g/mol. The maximum Gasteiger partial charge on any atom is 0.220 e. The number of aliphatic hydroxyl groups excluding tert-OH is 8. The third-order valence-corrected chi connectivity index (χ3v) is 13.0. The standard InChI is InChI=1S/C50H95NO13/c1-3-5-7-9-11-13-15-17-18-19-20-21-22-24-26-28-30-32-34-42(55)51-38(39(54)33-31-29-27-25-23-16-14-12-10-8-6-4-2)37-61-49-47(60)45(58)48(41(36-53)63-49)64-50-46(59)44(57)43(56)40(35-52)62-50/h18-19,38-41,43-50,52-54,56-60H,3-17,20-37H2,1-2H3,(H,51,55)/b19-18-. The molecule has 14 nitrogen and oxygen atoms in total. The fourth-order valence-electron chi connectivity index (χ4n) is 8.70. The number of aliphatic hydroxyl groups is 8. The molecule has 2 aliphatic heterocycles. The minimum atomic E-state index is -1.78. The van der Waals surface area contributed by atoms with Gasteiger partial charge in [0.2, 0.25) is 5.91 Å². The average Bonchev–Trinajstić information content (AvgIpc) is 3.29. The third kappa shape index (κ3) is 24.7. The number of unbranched alkanes of at least 4 members (excludes halogenated alkanes) is 25. The number of allylic oxidation sites excluding steroid dienone is 2. The van der Waals surface area contributed by atoms with Crippen LogP contribution in [0.4, 0.5) is 0 Å². The van der Waals surface area contributed by atoms with Crippen LogP contribution in [0, 0.1) is 0 Å². The van der Waals surface area contributed by atoms with E-state index in [1.807, 2.05) is 0 Å². The van der Waals surface area contributed by atoms with Crippen LogP contribution in [-0.4, -0.2) is 140 Å². The summed E-state index contributed by atoms with van der Waals surface area (Å²) >= 11 is 0. The normalized spacial score (nSPS) is 27.3. The Bertz CT molecular complexity index is 1130. The molecule has 0 aromatic heterocycles. The number of rotatable bonds is 40. The zero-order chi connectivity index (χ0) is 46.8. The van der Waals surface area contributed by atoms with Crippen LogP contribution in [0.15, 0.2) is 12.2 Å². The number of carbonyl (C=O) groups is 1. The number of carbonyl (C=O) groups excluding carboxylic acids is 1. The smallest absolute Gasteiger partial charge is 0.220 e. The fraction of sp³-hybridized carbons (Fsp3) is 0.940. The van der Waals surface area contributed by atoms with Gasteiger partial charge in [0.1, 0.15) is 48.8 Å². The quantitative estimate of drug-likeness (QED) is 0.0229. The molecule has 0 aromatic carbocycles. The lowest BCUT2D eigenvalue weighted by molar-refractivity contribution is -0.359. The van der Waals surface area contributed by atoms with Crippen LogP contribution in [0.2, 0.25) is 0 Å². The van der Waals surface area contributed by atoms with Crippen molar-refractivity contribution in [1.29, 1.82) is 0 Å². The highest BCUT2D eigenvalue weighted by Crippen LogP contribution is 2.30. The van der Waals surface area contributed by atoms with Crippen molar-refractivity contribution < 1.29 is 64.6 Å². The highest BCUT2D eigenvalue weighted by Gasteiger charge is 2.51. The van der Waals surface area contributed by atoms with Crippen LogP contribution in [0.25, 0.3) is 0 Å². The van der Waals surface area contributed by atoms with E-state index in [0.717, 1.165) is 57.8 Å². The SMILES string of the molecule is CCCCCCCCC/C=C\CCCCCCCCCC(=O)NC(COC1OC(CO)C(OC2OC(CO)C(O)C(O)C2O)C(O)C1O)C(O)CCCCCCCCCCCCCC. The molecule has 0 radical (unpaired) electrons. The second-order valence-electron chi connectivity index (χ2n) is 18.7. The summed E-state index contributed by atoms with van der Waals surface area (Å²) in [6, 6.07) is -0.826. The molecule has 2 fully saturated rings. The van der Waals surface area contributed by atoms with E-state index in [1.54, 1.807) is 0 Å². The van der Waals surface area contributed by atoms with Crippen molar-refractivity contribution in [3.05, 3.63) is 12.2 Å². The molecule has 2 heterocycles. The number of ether oxygens (including phenoxy) is 4. The van der Waals surface area contributed by atoms with Gasteiger partial charge in [0.25, 0.3) is 0 Å². The molecule has 2 saturated heterocycles. The van der Waals surface area contributed by atoms with Gasteiger partial charge in [-0.15, -0.1) is 0 Å². The lowest BCUT2D eigenvalue weighted by Crippen LogP contribution is -2.65. The van der Waals surface area contributed by atoms with Crippen LogP contribution in [0.1, 0.15) is 206 Å². The van der Waals surface area contributed by atoms with Crippen molar-refractivity contribution in [2.45, 2.75) is 280 Å². The van der Waals surface area contributed by atoms with Crippen molar-refractivity contribution in [3.63, 3.8) is 0 Å². The van der Waals surface area contributed by atoms with Gasteiger partial charge in [-0.05, 0) is 38.5 Å². The molecular formula is C50H95NO13. The Morgan fingerprint density at radius 1 is 0.547 bits per heavy atom. The van der Waals surface area contributed by atoms with E-state index in [0.29, 0.717) is 12.8 Å². The van der Waals surface area contributed by atoms with Crippen molar-refractivity contribution in [2.75, 3.05) is 19.8 Å². The van der Waals surface area contributed by atoms with E-state index in [9.17, 15) is 45.6 Å². The van der Waals surface area contributed by atoms with Gasteiger partial charge < -0.3 is 65.1 Å². The van der Waals surface area contributed by atoms with Crippen LogP contribution < -0.4 is 5.32 Å². The Balaban J connectivity index is 1.81. The minimum Gasteiger partial charge on any atom is -0.394 e. The number of hydrogen-bond acceptors (Lipinski definition) is 13. The maximum atomic E-state index is 13.2. The molecular weight excluding hydrogens is 823 g/mol. The van der Waals surface area contributed by atoms with Crippen molar-refractivity contribution in [3.8, 4) is 0 Å². The topological polar surface area (TPSA) is 228 Å². The van der Waals surface area contributed by atoms with Crippen LogP contribution in [0.3, 0.4) is 0 Å². The number of hydrogen-bond donors (Lipinski definition) is 9. The molecule has 0 bridgehead atoms. The molecule has 2 aliphatic rings. The van der Waals surface area contributed by atoms with E-state index in [2.05, 4.69) is 31.3 Å². The van der Waals surface area contributed by atoms with E-state index in [1.165, 1.54) is 122 Å². The molecule has 64 heavy (non-hydrogen) atoms. The van der Waals surface area contributed by atoms with Crippen LogP contribution >= 0.6 is 0 Å². The summed E-state index contributed by atoms with van der Waals surface area (Å²) in [7, 11) is 0. The van der Waals surface area contributed by atoms with E-state index >= 15 is 0 Å². The summed E-state index contributed by atoms with van der Waals surface area (Å²) in [6.07, 6.45) is 22.1. The van der Waals surface area contributed by atoms with Gasteiger partial charge >= 0.3 is 0 Å². The molecule has 0 spiro atoms. The van der Waals surface area contributed by atoms with Gasteiger partial charge in [0.15, 0.2) is 12.6 Å². The highest BCUT2D eigenvalue weighted by atomic mass is 16.7. The molecule has 2 rings (SSSR count). The summed E-state index contributed by atoms with van der Waals surface area (Å²) in [4.78, 5) is 13.2. The predicted molar refractivity (Wildman–Crippen MR) is 249 cm³/mol. The average molecular weight is 918 g/mol. The molecule has 0 saturated carbocycles. The zero-order valence-corrected chi connectivity index (χ0v) is 40.0.